The minimum absolute atomic E-state index is 0.873. The standard InChI is InChI=1S/2C33H19NO2/c1-2-8-24-23(7-1)26(21-13-11-20(12-14-21)22-6-5-17-34-19-22)18-30-31(24)33-29(36-30)16-15-28-32(33)25-9-3-4-10-27(25)35-28;1-2-6-24-23(5-1)26(22-11-9-20(10-12-22)21-15-17-34-18-16-21)19-30-31(24)33-29(36-30)14-13-28-32(33)25-7-3-4-8-27(25)35-28/h2*1-19H. The van der Waals surface area contributed by atoms with Crippen LogP contribution in [0.2, 0.25) is 0 Å². The van der Waals surface area contributed by atoms with Crippen LogP contribution in [0.15, 0.2) is 249 Å². The molecule has 0 spiro atoms. The quantitative estimate of drug-likeness (QED) is 0.175. The summed E-state index contributed by atoms with van der Waals surface area (Å²) >= 11 is 0. The number of fused-ring (bicyclic) bond motifs is 18. The molecule has 0 unspecified atom stereocenters. The molecule has 0 aliphatic heterocycles. The number of aromatic nitrogens is 2. The summed E-state index contributed by atoms with van der Waals surface area (Å²) in [7, 11) is 0. The monoisotopic (exact) mass is 922 g/mol. The molecule has 0 N–H and O–H groups in total. The van der Waals surface area contributed by atoms with Gasteiger partial charge in [0.1, 0.15) is 44.7 Å². The van der Waals surface area contributed by atoms with Gasteiger partial charge >= 0.3 is 0 Å². The van der Waals surface area contributed by atoms with E-state index >= 15 is 0 Å². The third-order valence-electron chi connectivity index (χ3n) is 14.4. The van der Waals surface area contributed by atoms with Crippen molar-refractivity contribution in [2.45, 2.75) is 0 Å². The molecule has 6 heteroatoms. The lowest BCUT2D eigenvalue weighted by atomic mass is 9.93. The van der Waals surface area contributed by atoms with Crippen LogP contribution in [0.4, 0.5) is 0 Å². The van der Waals surface area contributed by atoms with Gasteiger partial charge in [0.15, 0.2) is 0 Å². The smallest absolute Gasteiger partial charge is 0.136 e. The van der Waals surface area contributed by atoms with Gasteiger partial charge in [-0.05, 0) is 133 Å². The maximum atomic E-state index is 6.49. The molecule has 0 amide bonds. The first-order chi connectivity index (χ1) is 35.7. The Labute approximate surface area is 410 Å². The molecule has 72 heavy (non-hydrogen) atoms. The molecular weight excluding hydrogens is 885 g/mol. The highest BCUT2D eigenvalue weighted by Crippen LogP contribution is 2.47. The van der Waals surface area contributed by atoms with Crippen molar-refractivity contribution in [3.05, 3.63) is 231 Å². The van der Waals surface area contributed by atoms with Crippen molar-refractivity contribution in [2.24, 2.45) is 0 Å². The topological polar surface area (TPSA) is 78.3 Å². The molecule has 6 aromatic heterocycles. The molecule has 6 heterocycles. The Kier molecular flexibility index (Phi) is 8.86. The zero-order valence-electron chi connectivity index (χ0n) is 38.5. The minimum atomic E-state index is 0.873. The zero-order valence-corrected chi connectivity index (χ0v) is 38.5. The number of hydrogen-bond donors (Lipinski definition) is 0. The van der Waals surface area contributed by atoms with Gasteiger partial charge in [0, 0.05) is 67.9 Å². The van der Waals surface area contributed by atoms with E-state index < -0.39 is 0 Å². The Morgan fingerprint density at radius 1 is 0.222 bits per heavy atom. The molecule has 16 rings (SSSR count). The molecule has 0 saturated carbocycles. The normalized spacial score (nSPS) is 11.9. The van der Waals surface area contributed by atoms with Crippen LogP contribution in [0.3, 0.4) is 0 Å². The van der Waals surface area contributed by atoms with E-state index in [2.05, 4.69) is 149 Å². The van der Waals surface area contributed by atoms with Crippen molar-refractivity contribution < 1.29 is 17.7 Å². The molecule has 0 bridgehead atoms. The molecule has 336 valence electrons. The highest BCUT2D eigenvalue weighted by Gasteiger charge is 2.22. The molecule has 0 atom stereocenters. The van der Waals surface area contributed by atoms with Crippen LogP contribution in [0.5, 0.6) is 0 Å². The number of hydrogen-bond acceptors (Lipinski definition) is 6. The minimum Gasteiger partial charge on any atom is -0.456 e. The van der Waals surface area contributed by atoms with Crippen molar-refractivity contribution >= 4 is 109 Å². The molecular formula is C66H38N2O4. The Balaban J connectivity index is 0.000000128. The van der Waals surface area contributed by atoms with Crippen molar-refractivity contribution in [3.63, 3.8) is 0 Å². The van der Waals surface area contributed by atoms with E-state index in [0.29, 0.717) is 0 Å². The van der Waals surface area contributed by atoms with Gasteiger partial charge in [-0.25, -0.2) is 0 Å². The lowest BCUT2D eigenvalue weighted by Crippen LogP contribution is -1.84. The van der Waals surface area contributed by atoms with Gasteiger partial charge in [-0.3, -0.25) is 9.97 Å². The van der Waals surface area contributed by atoms with E-state index in [0.717, 1.165) is 127 Å². The summed E-state index contributed by atoms with van der Waals surface area (Å²) in [6, 6.07) is 71.6. The van der Waals surface area contributed by atoms with Gasteiger partial charge in [-0.1, -0.05) is 140 Å². The average Bonchev–Trinajstić information content (AvgIpc) is 4.23. The lowest BCUT2D eigenvalue weighted by molar-refractivity contribution is 0.663. The maximum Gasteiger partial charge on any atom is 0.136 e. The third kappa shape index (κ3) is 6.22. The predicted octanol–water partition coefficient (Wildman–Crippen LogP) is 18.7. The first-order valence-electron chi connectivity index (χ1n) is 24.1. The van der Waals surface area contributed by atoms with Crippen LogP contribution >= 0.6 is 0 Å². The fraction of sp³-hybridized carbons (Fsp3) is 0. The number of furan rings is 4. The average molecular weight is 923 g/mol. The van der Waals surface area contributed by atoms with Crippen molar-refractivity contribution in [1.29, 1.82) is 0 Å². The SMILES string of the molecule is c1ccc2c(c1)oc1ccc3oc4cc(-c5ccc(-c6ccncc6)cc5)c5ccccc5c4c3c12.c1cncc(-c2ccc(-c3cc4oc5ccc6oc7ccccc7c6c5c4c4ccccc34)cc2)c1. The summed E-state index contributed by atoms with van der Waals surface area (Å²) in [6.45, 7) is 0. The number of pyridine rings is 2. The van der Waals surface area contributed by atoms with Gasteiger partial charge in [0.05, 0.1) is 0 Å². The Hall–Kier alpha value is -9.78. The van der Waals surface area contributed by atoms with Crippen LogP contribution in [0.1, 0.15) is 0 Å². The van der Waals surface area contributed by atoms with E-state index in [1.165, 1.54) is 27.1 Å². The van der Waals surface area contributed by atoms with E-state index in [1.54, 1.807) is 6.20 Å². The Morgan fingerprint density at radius 3 is 1.07 bits per heavy atom. The summed E-state index contributed by atoms with van der Waals surface area (Å²) in [6.07, 6.45) is 7.34. The Morgan fingerprint density at radius 2 is 0.597 bits per heavy atom. The summed E-state index contributed by atoms with van der Waals surface area (Å²) in [5.74, 6) is 0. The highest BCUT2D eigenvalue weighted by atomic mass is 16.3. The summed E-state index contributed by atoms with van der Waals surface area (Å²) < 4.78 is 25.4. The van der Waals surface area contributed by atoms with Gasteiger partial charge in [-0.15, -0.1) is 0 Å². The number of nitrogens with zero attached hydrogens (tertiary/aromatic N) is 2. The molecule has 16 aromatic rings. The van der Waals surface area contributed by atoms with E-state index in [1.807, 2.05) is 85.3 Å². The first kappa shape index (κ1) is 40.1. The molecule has 0 radical (unpaired) electrons. The van der Waals surface area contributed by atoms with Crippen LogP contribution in [-0.4, -0.2) is 9.97 Å². The first-order valence-corrected chi connectivity index (χ1v) is 24.1. The van der Waals surface area contributed by atoms with Crippen LogP contribution in [0, 0.1) is 0 Å². The second-order valence-electron chi connectivity index (χ2n) is 18.3. The van der Waals surface area contributed by atoms with Gasteiger partial charge in [-0.2, -0.15) is 0 Å². The van der Waals surface area contributed by atoms with Crippen LogP contribution in [-0.2, 0) is 0 Å². The van der Waals surface area contributed by atoms with Crippen LogP contribution in [0.25, 0.3) is 154 Å². The molecule has 10 aromatic carbocycles. The molecule has 0 saturated heterocycles. The number of benzene rings is 10. The Bertz CT molecular complexity index is 4470. The summed E-state index contributed by atoms with van der Waals surface area (Å²) in [5.41, 5.74) is 16.3. The highest BCUT2D eigenvalue weighted by molar-refractivity contribution is 6.33. The van der Waals surface area contributed by atoms with Crippen molar-refractivity contribution in [1.82, 2.24) is 9.97 Å². The fourth-order valence-corrected chi connectivity index (χ4v) is 11.1. The van der Waals surface area contributed by atoms with E-state index in [-0.39, 0.29) is 0 Å². The third-order valence-corrected chi connectivity index (χ3v) is 14.4. The fourth-order valence-electron chi connectivity index (χ4n) is 11.1. The second-order valence-corrected chi connectivity index (χ2v) is 18.3. The van der Waals surface area contributed by atoms with Gasteiger partial charge in [0.25, 0.3) is 0 Å². The molecule has 6 nitrogen and oxygen atoms in total. The van der Waals surface area contributed by atoms with E-state index in [9.17, 15) is 0 Å². The number of rotatable bonds is 4. The van der Waals surface area contributed by atoms with Gasteiger partial charge in [0.2, 0.25) is 0 Å². The van der Waals surface area contributed by atoms with E-state index in [4.69, 9.17) is 17.7 Å². The number of para-hydroxylation sites is 2. The van der Waals surface area contributed by atoms with Crippen molar-refractivity contribution in [2.75, 3.05) is 0 Å². The zero-order chi connectivity index (χ0) is 47.3. The second kappa shape index (κ2) is 15.9. The van der Waals surface area contributed by atoms with Crippen LogP contribution < -0.4 is 0 Å². The summed E-state index contributed by atoms with van der Waals surface area (Å²) in [4.78, 5) is 8.39. The lowest BCUT2D eigenvalue weighted by Gasteiger charge is -2.10. The summed E-state index contributed by atoms with van der Waals surface area (Å²) in [5, 5.41) is 13.7. The predicted molar refractivity (Wildman–Crippen MR) is 294 cm³/mol. The molecule has 0 fully saturated rings. The molecule has 0 aliphatic carbocycles. The van der Waals surface area contributed by atoms with Crippen molar-refractivity contribution in [3.8, 4) is 44.5 Å². The molecule has 0 aliphatic rings. The maximum absolute atomic E-state index is 6.49. The van der Waals surface area contributed by atoms with Gasteiger partial charge < -0.3 is 17.7 Å². The largest absolute Gasteiger partial charge is 0.456 e.